The fraction of sp³-hybridized carbons (Fsp3) is 0.182. The van der Waals surface area contributed by atoms with Gasteiger partial charge < -0.3 is 19.9 Å². The Morgan fingerprint density at radius 1 is 1.32 bits per heavy atom. The molecule has 158 valence electrons. The Kier molecular flexibility index (Phi) is 5.81. The molecular weight excluding hydrogens is 484 g/mol. The van der Waals surface area contributed by atoms with Gasteiger partial charge in [-0.05, 0) is 30.7 Å². The van der Waals surface area contributed by atoms with E-state index >= 15 is 0 Å². The van der Waals surface area contributed by atoms with Gasteiger partial charge in [0, 0.05) is 26.3 Å². The Labute approximate surface area is 192 Å². The average molecular weight is 502 g/mol. The first-order valence-electron chi connectivity index (χ1n) is 9.30. The number of hydrogen-bond acceptors (Lipinski definition) is 6. The molecule has 0 bridgehead atoms. The number of halogens is 2. The maximum Gasteiger partial charge on any atom is 0.244 e. The first-order chi connectivity index (χ1) is 14.9. The number of aryl methyl sites for hydroxylation is 1. The van der Waals surface area contributed by atoms with E-state index in [0.717, 1.165) is 26.9 Å². The number of allylic oxidation sites excluding steroid dienone is 1. The molecule has 0 saturated heterocycles. The van der Waals surface area contributed by atoms with Crippen molar-refractivity contribution in [3.63, 3.8) is 0 Å². The van der Waals surface area contributed by atoms with Gasteiger partial charge in [0.25, 0.3) is 0 Å². The monoisotopic (exact) mass is 500 g/mol. The van der Waals surface area contributed by atoms with Gasteiger partial charge >= 0.3 is 0 Å². The summed E-state index contributed by atoms with van der Waals surface area (Å²) in [6.45, 7) is 2.14. The summed E-state index contributed by atoms with van der Waals surface area (Å²) in [5.74, 6) is 0.939. The maximum atomic E-state index is 9.77. The highest BCUT2D eigenvalue weighted by Crippen LogP contribution is 2.47. The molecule has 0 amide bonds. The maximum absolute atomic E-state index is 9.77. The van der Waals surface area contributed by atoms with Crippen LogP contribution in [0.4, 0.5) is 0 Å². The molecule has 4 rings (SSSR count). The van der Waals surface area contributed by atoms with E-state index < -0.39 is 5.92 Å². The second kappa shape index (κ2) is 8.53. The SMILES string of the molecule is COc1cc([C@H]2C(C#N)=C(N)Oc3n[nH]c(C)c32)c(Br)cc1OCc1ccccc1Cl. The molecule has 3 N–H and O–H groups in total. The summed E-state index contributed by atoms with van der Waals surface area (Å²) in [6, 6.07) is 13.3. The number of nitrogens with one attached hydrogen (secondary N) is 1. The van der Waals surface area contributed by atoms with Crippen molar-refractivity contribution in [3.05, 3.63) is 79.7 Å². The molecule has 0 aliphatic carbocycles. The minimum absolute atomic E-state index is 0.0245. The van der Waals surface area contributed by atoms with Crippen LogP contribution >= 0.6 is 27.5 Å². The zero-order valence-electron chi connectivity index (χ0n) is 16.7. The third-order valence-corrected chi connectivity index (χ3v) is 6.12. The summed E-state index contributed by atoms with van der Waals surface area (Å²) in [6.07, 6.45) is 0. The van der Waals surface area contributed by atoms with Crippen LogP contribution < -0.4 is 19.9 Å². The van der Waals surface area contributed by atoms with Gasteiger partial charge in [-0.3, -0.25) is 5.10 Å². The first kappa shape index (κ1) is 21.1. The van der Waals surface area contributed by atoms with Crippen molar-refractivity contribution in [1.29, 1.82) is 5.26 Å². The topological polar surface area (TPSA) is 106 Å². The van der Waals surface area contributed by atoms with Gasteiger partial charge in [0.15, 0.2) is 11.5 Å². The zero-order chi connectivity index (χ0) is 22.1. The van der Waals surface area contributed by atoms with Crippen LogP contribution in [0.3, 0.4) is 0 Å². The van der Waals surface area contributed by atoms with Crippen molar-refractivity contribution in [1.82, 2.24) is 10.2 Å². The Hall–Kier alpha value is -3.15. The van der Waals surface area contributed by atoms with Crippen LogP contribution in [0, 0.1) is 18.3 Å². The van der Waals surface area contributed by atoms with E-state index in [2.05, 4.69) is 32.2 Å². The zero-order valence-corrected chi connectivity index (χ0v) is 19.0. The van der Waals surface area contributed by atoms with Gasteiger partial charge in [-0.15, -0.1) is 5.10 Å². The van der Waals surface area contributed by atoms with Crippen LogP contribution in [0.2, 0.25) is 5.02 Å². The van der Waals surface area contributed by atoms with Crippen LogP contribution in [0.25, 0.3) is 0 Å². The third-order valence-electron chi connectivity index (χ3n) is 5.06. The highest BCUT2D eigenvalue weighted by Gasteiger charge is 2.36. The Morgan fingerprint density at radius 2 is 2.10 bits per heavy atom. The molecule has 0 radical (unpaired) electrons. The van der Waals surface area contributed by atoms with E-state index in [0.29, 0.717) is 28.0 Å². The molecule has 7 nitrogen and oxygen atoms in total. The molecule has 31 heavy (non-hydrogen) atoms. The first-order valence-corrected chi connectivity index (χ1v) is 10.5. The number of nitrogens with two attached hydrogens (primary N) is 1. The van der Waals surface area contributed by atoms with Crippen molar-refractivity contribution in [2.24, 2.45) is 5.73 Å². The van der Waals surface area contributed by atoms with Gasteiger partial charge in [0.1, 0.15) is 18.2 Å². The molecule has 0 saturated carbocycles. The van der Waals surface area contributed by atoms with Crippen molar-refractivity contribution in [3.8, 4) is 23.4 Å². The van der Waals surface area contributed by atoms with E-state index in [-0.39, 0.29) is 12.5 Å². The minimum Gasteiger partial charge on any atom is -0.493 e. The summed E-state index contributed by atoms with van der Waals surface area (Å²) in [5.41, 5.74) is 9.47. The standard InChI is InChI=1S/C22H18BrClN4O3/c1-11-19-20(14(9-25)21(26)31-22(19)28-27-11)13-7-17(29-2)18(8-15(13)23)30-10-12-5-3-4-6-16(12)24/h3-8,20H,10,26H2,1-2H3,(H,27,28)/t20-/m0/s1. The van der Waals surface area contributed by atoms with E-state index in [1.54, 1.807) is 13.2 Å². The van der Waals surface area contributed by atoms with Gasteiger partial charge in [0.2, 0.25) is 11.8 Å². The van der Waals surface area contributed by atoms with Gasteiger partial charge in [-0.1, -0.05) is 45.7 Å². The second-order valence-electron chi connectivity index (χ2n) is 6.90. The number of aromatic amines is 1. The Morgan fingerprint density at radius 3 is 2.81 bits per heavy atom. The number of nitriles is 1. The molecule has 0 spiro atoms. The fourth-order valence-electron chi connectivity index (χ4n) is 3.52. The molecule has 0 unspecified atom stereocenters. The molecule has 9 heteroatoms. The largest absolute Gasteiger partial charge is 0.493 e. The van der Waals surface area contributed by atoms with Crippen LogP contribution in [0.1, 0.15) is 28.3 Å². The molecule has 2 heterocycles. The van der Waals surface area contributed by atoms with Crippen LogP contribution in [0.5, 0.6) is 17.4 Å². The van der Waals surface area contributed by atoms with E-state index in [1.807, 2.05) is 37.3 Å². The lowest BCUT2D eigenvalue weighted by atomic mass is 9.84. The summed E-state index contributed by atoms with van der Waals surface area (Å²) < 4.78 is 17.8. The fourth-order valence-corrected chi connectivity index (χ4v) is 4.27. The number of rotatable bonds is 5. The molecule has 1 aromatic heterocycles. The number of fused-ring (bicyclic) bond motifs is 1. The predicted molar refractivity (Wildman–Crippen MR) is 119 cm³/mol. The van der Waals surface area contributed by atoms with E-state index in [1.165, 1.54) is 0 Å². The highest BCUT2D eigenvalue weighted by atomic mass is 79.9. The molecular formula is C22H18BrClN4O3. The Bertz CT molecular complexity index is 1230. The molecule has 1 aliphatic heterocycles. The highest BCUT2D eigenvalue weighted by molar-refractivity contribution is 9.10. The summed E-state index contributed by atoms with van der Waals surface area (Å²) in [5, 5.41) is 17.5. The predicted octanol–water partition coefficient (Wildman–Crippen LogP) is 4.94. The molecule has 3 aromatic rings. The van der Waals surface area contributed by atoms with E-state index in [9.17, 15) is 5.26 Å². The van der Waals surface area contributed by atoms with Crippen LogP contribution in [0.15, 0.2) is 52.3 Å². The van der Waals surface area contributed by atoms with Gasteiger partial charge in [-0.25, -0.2) is 0 Å². The van der Waals surface area contributed by atoms with Crippen molar-refractivity contribution < 1.29 is 14.2 Å². The smallest absolute Gasteiger partial charge is 0.244 e. The number of methoxy groups -OCH3 is 1. The number of aromatic nitrogens is 2. The normalized spacial score (nSPS) is 15.1. The van der Waals surface area contributed by atoms with Gasteiger partial charge in [0.05, 0.1) is 13.0 Å². The Balaban J connectivity index is 1.76. The molecule has 1 atom stereocenters. The number of benzene rings is 2. The summed E-state index contributed by atoms with van der Waals surface area (Å²) in [4.78, 5) is 0. The average Bonchev–Trinajstić information content (AvgIpc) is 3.12. The van der Waals surface area contributed by atoms with Crippen LogP contribution in [-0.2, 0) is 6.61 Å². The summed E-state index contributed by atoms with van der Waals surface area (Å²) >= 11 is 9.85. The second-order valence-corrected chi connectivity index (χ2v) is 8.16. The quantitative estimate of drug-likeness (QED) is 0.513. The number of nitrogens with zero attached hydrogens (tertiary/aromatic N) is 2. The summed E-state index contributed by atoms with van der Waals surface area (Å²) in [7, 11) is 1.56. The van der Waals surface area contributed by atoms with Crippen molar-refractivity contribution >= 4 is 27.5 Å². The van der Waals surface area contributed by atoms with Crippen LogP contribution in [-0.4, -0.2) is 17.3 Å². The third kappa shape index (κ3) is 3.82. The van der Waals surface area contributed by atoms with Crippen molar-refractivity contribution in [2.75, 3.05) is 7.11 Å². The molecule has 1 aliphatic rings. The molecule has 2 aromatic carbocycles. The lowest BCUT2D eigenvalue weighted by molar-refractivity contribution is 0.284. The van der Waals surface area contributed by atoms with E-state index in [4.69, 9.17) is 31.5 Å². The van der Waals surface area contributed by atoms with Crippen molar-refractivity contribution in [2.45, 2.75) is 19.4 Å². The molecule has 0 fully saturated rings. The minimum atomic E-state index is -0.478. The number of hydrogen-bond donors (Lipinski definition) is 2. The van der Waals surface area contributed by atoms with Gasteiger partial charge in [-0.2, -0.15) is 5.26 Å². The number of ether oxygens (including phenoxy) is 3. The number of H-pyrrole nitrogens is 1. The lowest BCUT2D eigenvalue weighted by Gasteiger charge is -2.25. The lowest BCUT2D eigenvalue weighted by Crippen LogP contribution is -2.21.